The van der Waals surface area contributed by atoms with Gasteiger partial charge in [0.25, 0.3) is 10.0 Å². The van der Waals surface area contributed by atoms with Crippen LogP contribution in [0.4, 0.5) is 11.5 Å². The van der Waals surface area contributed by atoms with Crippen molar-refractivity contribution in [1.82, 2.24) is 4.98 Å². The van der Waals surface area contributed by atoms with Gasteiger partial charge in [0, 0.05) is 25.4 Å². The summed E-state index contributed by atoms with van der Waals surface area (Å²) < 4.78 is 31.2. The van der Waals surface area contributed by atoms with Gasteiger partial charge in [-0.15, -0.1) is 0 Å². The first-order valence-electron chi connectivity index (χ1n) is 5.79. The highest BCUT2D eigenvalue weighted by molar-refractivity contribution is 7.92. The van der Waals surface area contributed by atoms with Gasteiger partial charge in [0.1, 0.15) is 11.6 Å². The Hall–Kier alpha value is -2.28. The monoisotopic (exact) mass is 293 g/mol. The number of benzene rings is 1. The summed E-state index contributed by atoms with van der Waals surface area (Å²) in [5, 5.41) is 0. The first kappa shape index (κ1) is 14.1. The van der Waals surface area contributed by atoms with E-state index in [1.54, 1.807) is 24.3 Å². The number of methoxy groups -OCH3 is 1. The van der Waals surface area contributed by atoms with Crippen molar-refractivity contribution in [3.05, 3.63) is 42.6 Å². The third-order valence-electron chi connectivity index (χ3n) is 2.83. The topological polar surface area (TPSA) is 85.5 Å². The van der Waals surface area contributed by atoms with Gasteiger partial charge in [-0.25, -0.2) is 13.4 Å². The second-order valence-corrected chi connectivity index (χ2v) is 6.06. The fraction of sp³-hybridized carbons (Fsp3) is 0.154. The van der Waals surface area contributed by atoms with Crippen LogP contribution < -0.4 is 14.8 Å². The second-order valence-electron chi connectivity index (χ2n) is 4.09. The lowest BCUT2D eigenvalue weighted by atomic mass is 10.3. The van der Waals surface area contributed by atoms with Gasteiger partial charge in [-0.1, -0.05) is 6.07 Å². The molecule has 106 valence electrons. The van der Waals surface area contributed by atoms with Crippen LogP contribution in [-0.2, 0) is 10.0 Å². The molecule has 0 spiro atoms. The van der Waals surface area contributed by atoms with Gasteiger partial charge in [-0.2, -0.15) is 0 Å². The third-order valence-corrected chi connectivity index (χ3v) is 4.61. The van der Waals surface area contributed by atoms with Crippen LogP contribution in [0, 0.1) is 0 Å². The van der Waals surface area contributed by atoms with Crippen molar-refractivity contribution in [2.75, 3.05) is 24.2 Å². The fourth-order valence-electron chi connectivity index (χ4n) is 1.69. The number of nitrogens with zero attached hydrogens (tertiary/aromatic N) is 2. The number of anilines is 2. The SMILES string of the molecule is COc1cccc(N(C)S(=O)(=O)c2ccnc(N)c2)c1. The van der Waals surface area contributed by atoms with Crippen LogP contribution in [0.2, 0.25) is 0 Å². The number of ether oxygens (including phenoxy) is 1. The molecule has 0 aliphatic heterocycles. The van der Waals surface area contributed by atoms with Crippen molar-refractivity contribution in [3.63, 3.8) is 0 Å². The van der Waals surface area contributed by atoms with E-state index in [0.29, 0.717) is 11.4 Å². The fourth-order valence-corrected chi connectivity index (χ4v) is 2.90. The molecular formula is C13H15N3O3S. The van der Waals surface area contributed by atoms with Gasteiger partial charge in [-0.3, -0.25) is 4.31 Å². The van der Waals surface area contributed by atoms with E-state index in [9.17, 15) is 8.42 Å². The zero-order chi connectivity index (χ0) is 14.8. The van der Waals surface area contributed by atoms with Gasteiger partial charge in [0.2, 0.25) is 0 Å². The Labute approximate surface area is 117 Å². The summed E-state index contributed by atoms with van der Waals surface area (Å²) in [6, 6.07) is 9.52. The van der Waals surface area contributed by atoms with E-state index < -0.39 is 10.0 Å². The van der Waals surface area contributed by atoms with Gasteiger partial charge in [0.15, 0.2) is 0 Å². The van der Waals surface area contributed by atoms with Gasteiger partial charge >= 0.3 is 0 Å². The molecule has 0 fully saturated rings. The van der Waals surface area contributed by atoms with Crippen molar-refractivity contribution in [3.8, 4) is 5.75 Å². The zero-order valence-corrected chi connectivity index (χ0v) is 12.0. The molecule has 1 aromatic carbocycles. The van der Waals surface area contributed by atoms with Crippen molar-refractivity contribution >= 4 is 21.5 Å². The average molecular weight is 293 g/mol. The Morgan fingerprint density at radius 2 is 2.00 bits per heavy atom. The maximum Gasteiger partial charge on any atom is 0.264 e. The second kappa shape index (κ2) is 5.38. The zero-order valence-electron chi connectivity index (χ0n) is 11.1. The lowest BCUT2D eigenvalue weighted by molar-refractivity contribution is 0.415. The normalized spacial score (nSPS) is 11.1. The number of hydrogen-bond acceptors (Lipinski definition) is 5. The summed E-state index contributed by atoms with van der Waals surface area (Å²) in [5.41, 5.74) is 6.03. The highest BCUT2D eigenvalue weighted by atomic mass is 32.2. The van der Waals surface area contributed by atoms with Crippen LogP contribution in [0.3, 0.4) is 0 Å². The molecule has 1 heterocycles. The van der Waals surface area contributed by atoms with Crippen LogP contribution in [0.25, 0.3) is 0 Å². The van der Waals surface area contributed by atoms with Crippen LogP contribution >= 0.6 is 0 Å². The Balaban J connectivity index is 2.43. The molecule has 2 rings (SSSR count). The van der Waals surface area contributed by atoms with Gasteiger partial charge in [-0.05, 0) is 18.2 Å². The molecule has 0 unspecified atom stereocenters. The number of nitrogen functional groups attached to an aromatic ring is 1. The first-order valence-corrected chi connectivity index (χ1v) is 7.23. The predicted octanol–water partition coefficient (Wildman–Crippen LogP) is 1.50. The maximum absolute atomic E-state index is 12.5. The van der Waals surface area contributed by atoms with E-state index in [-0.39, 0.29) is 10.7 Å². The molecule has 7 heteroatoms. The third kappa shape index (κ3) is 2.67. The number of hydrogen-bond donors (Lipinski definition) is 1. The van der Waals surface area contributed by atoms with Gasteiger partial charge in [0.05, 0.1) is 17.7 Å². The number of rotatable bonds is 4. The van der Waals surface area contributed by atoms with Crippen molar-refractivity contribution in [2.45, 2.75) is 4.90 Å². The van der Waals surface area contributed by atoms with E-state index in [1.165, 1.54) is 36.8 Å². The average Bonchev–Trinajstić information content (AvgIpc) is 2.46. The highest BCUT2D eigenvalue weighted by Crippen LogP contribution is 2.25. The van der Waals surface area contributed by atoms with E-state index in [0.717, 1.165) is 0 Å². The molecule has 20 heavy (non-hydrogen) atoms. The van der Waals surface area contributed by atoms with E-state index in [4.69, 9.17) is 10.5 Å². The minimum Gasteiger partial charge on any atom is -0.497 e. The van der Waals surface area contributed by atoms with E-state index in [1.807, 2.05) is 0 Å². The quantitative estimate of drug-likeness (QED) is 0.923. The lowest BCUT2D eigenvalue weighted by Crippen LogP contribution is -2.26. The van der Waals surface area contributed by atoms with Gasteiger partial charge < -0.3 is 10.5 Å². The lowest BCUT2D eigenvalue weighted by Gasteiger charge is -2.20. The molecule has 2 N–H and O–H groups in total. The van der Waals surface area contributed by atoms with Crippen LogP contribution in [0.15, 0.2) is 47.5 Å². The van der Waals surface area contributed by atoms with Crippen molar-refractivity contribution in [1.29, 1.82) is 0 Å². The number of nitrogens with two attached hydrogens (primary N) is 1. The molecule has 0 saturated heterocycles. The van der Waals surface area contributed by atoms with Crippen LogP contribution in [0.5, 0.6) is 5.75 Å². The van der Waals surface area contributed by atoms with Crippen LogP contribution in [-0.4, -0.2) is 27.6 Å². The summed E-state index contributed by atoms with van der Waals surface area (Å²) in [7, 11) is -0.684. The number of sulfonamides is 1. The standard InChI is InChI=1S/C13H15N3O3S/c1-16(10-4-3-5-11(8-10)19-2)20(17,18)12-6-7-15-13(14)9-12/h3-9H,1-2H3,(H2,14,15). The summed E-state index contributed by atoms with van der Waals surface area (Å²) >= 11 is 0. The minimum absolute atomic E-state index is 0.0929. The molecule has 6 nitrogen and oxygen atoms in total. The Morgan fingerprint density at radius 3 is 2.65 bits per heavy atom. The van der Waals surface area contributed by atoms with Crippen molar-refractivity contribution < 1.29 is 13.2 Å². The Bertz CT molecular complexity index is 716. The molecule has 0 radical (unpaired) electrons. The Morgan fingerprint density at radius 1 is 1.25 bits per heavy atom. The first-order chi connectivity index (χ1) is 9.45. The van der Waals surface area contributed by atoms with Crippen LogP contribution in [0.1, 0.15) is 0 Å². The van der Waals surface area contributed by atoms with E-state index >= 15 is 0 Å². The summed E-state index contributed by atoms with van der Waals surface area (Å²) in [4.78, 5) is 3.88. The Kier molecular flexibility index (Phi) is 3.80. The smallest absolute Gasteiger partial charge is 0.264 e. The summed E-state index contributed by atoms with van der Waals surface area (Å²) in [6.07, 6.45) is 1.36. The molecule has 0 bridgehead atoms. The largest absolute Gasteiger partial charge is 0.497 e. The molecule has 0 amide bonds. The predicted molar refractivity (Wildman–Crippen MR) is 77.2 cm³/mol. The number of pyridine rings is 1. The molecule has 0 atom stereocenters. The van der Waals surface area contributed by atoms with E-state index in [2.05, 4.69) is 4.98 Å². The maximum atomic E-state index is 12.5. The molecule has 0 aliphatic rings. The number of aromatic nitrogens is 1. The molecule has 2 aromatic rings. The molecule has 0 aliphatic carbocycles. The van der Waals surface area contributed by atoms with Crippen molar-refractivity contribution in [2.24, 2.45) is 0 Å². The minimum atomic E-state index is -3.68. The summed E-state index contributed by atoms with van der Waals surface area (Å²) in [5.74, 6) is 0.740. The highest BCUT2D eigenvalue weighted by Gasteiger charge is 2.21. The molecule has 1 aromatic heterocycles. The molecular weight excluding hydrogens is 278 g/mol. The summed E-state index contributed by atoms with van der Waals surface area (Å²) in [6.45, 7) is 0. The molecule has 0 saturated carbocycles.